The molecule has 2 aromatic carbocycles. The van der Waals surface area contributed by atoms with Gasteiger partial charge in [-0.15, -0.1) is 0 Å². The van der Waals surface area contributed by atoms with E-state index in [9.17, 15) is 27.7 Å². The molecule has 0 radical (unpaired) electrons. The number of hydrogen-bond acceptors (Lipinski definition) is 4. The zero-order valence-corrected chi connectivity index (χ0v) is 15.9. The minimum atomic E-state index is -5.08. The Morgan fingerprint density at radius 2 is 1.39 bits per heavy atom. The largest absolute Gasteiger partial charge is 0.481 e. The van der Waals surface area contributed by atoms with Crippen molar-refractivity contribution in [3.05, 3.63) is 71.8 Å². The van der Waals surface area contributed by atoms with Crippen LogP contribution in [0.25, 0.3) is 0 Å². The topological polar surface area (TPSA) is 129 Å². The maximum atomic E-state index is 12.4. The minimum Gasteiger partial charge on any atom is -0.481 e. The van der Waals surface area contributed by atoms with E-state index in [-0.39, 0.29) is 12.8 Å². The molecule has 0 fully saturated rings. The Bertz CT molecular complexity index is 910. The third-order valence-electron chi connectivity index (χ3n) is 4.82. The molecule has 2 rings (SSSR count). The molecule has 28 heavy (non-hydrogen) atoms. The summed E-state index contributed by atoms with van der Waals surface area (Å²) < 4.78 is 32.3. The van der Waals surface area contributed by atoms with Gasteiger partial charge in [-0.25, -0.2) is 0 Å². The number of carboxylic acid groups (broad SMARTS) is 2. The summed E-state index contributed by atoms with van der Waals surface area (Å²) in [5, 5.41) is 19.0. The van der Waals surface area contributed by atoms with E-state index in [0.29, 0.717) is 11.1 Å². The van der Waals surface area contributed by atoms with E-state index in [1.165, 1.54) is 0 Å². The van der Waals surface area contributed by atoms with Gasteiger partial charge in [-0.2, -0.15) is 8.42 Å². The Morgan fingerprint density at radius 1 is 0.893 bits per heavy atom. The van der Waals surface area contributed by atoms with Crippen LogP contribution in [-0.2, 0) is 32.5 Å². The van der Waals surface area contributed by atoms with Crippen LogP contribution < -0.4 is 0 Å². The van der Waals surface area contributed by atoms with Gasteiger partial charge in [0.25, 0.3) is 10.1 Å². The first-order valence-corrected chi connectivity index (χ1v) is 10.1. The predicted molar refractivity (Wildman–Crippen MR) is 103 cm³/mol. The molecule has 0 bridgehead atoms. The number of aliphatic carboxylic acids is 2. The van der Waals surface area contributed by atoms with Gasteiger partial charge in [0, 0.05) is 12.8 Å². The van der Waals surface area contributed by atoms with Crippen LogP contribution >= 0.6 is 0 Å². The fourth-order valence-electron chi connectivity index (χ4n) is 3.40. The molecule has 7 nitrogen and oxygen atoms in total. The molecule has 2 aromatic rings. The van der Waals surface area contributed by atoms with Crippen molar-refractivity contribution in [2.75, 3.05) is 0 Å². The summed E-state index contributed by atoms with van der Waals surface area (Å²) in [6, 6.07) is 16.7. The molecule has 0 saturated heterocycles. The lowest BCUT2D eigenvalue weighted by molar-refractivity contribution is -0.143. The second kappa shape index (κ2) is 8.99. The van der Waals surface area contributed by atoms with Crippen LogP contribution in [-0.4, -0.2) is 39.9 Å². The molecule has 2 unspecified atom stereocenters. The van der Waals surface area contributed by atoms with Crippen molar-refractivity contribution in [3.63, 3.8) is 0 Å². The van der Waals surface area contributed by atoms with Gasteiger partial charge < -0.3 is 10.2 Å². The van der Waals surface area contributed by atoms with Gasteiger partial charge in [0.05, 0.1) is 0 Å². The Morgan fingerprint density at radius 3 is 1.82 bits per heavy atom. The van der Waals surface area contributed by atoms with Crippen molar-refractivity contribution in [1.29, 1.82) is 0 Å². The third kappa shape index (κ3) is 4.96. The van der Waals surface area contributed by atoms with Crippen molar-refractivity contribution in [1.82, 2.24) is 0 Å². The molecular weight excluding hydrogens is 384 g/mol. The lowest BCUT2D eigenvalue weighted by Crippen LogP contribution is -2.55. The summed E-state index contributed by atoms with van der Waals surface area (Å²) in [6.45, 7) is 0. The van der Waals surface area contributed by atoms with Crippen LogP contribution in [0.5, 0.6) is 0 Å². The molecule has 8 heteroatoms. The quantitative estimate of drug-likeness (QED) is 0.517. The molecule has 150 valence electrons. The van der Waals surface area contributed by atoms with Crippen LogP contribution in [0.3, 0.4) is 0 Å². The molecule has 0 aliphatic heterocycles. The molecule has 0 aliphatic carbocycles. The molecule has 3 N–H and O–H groups in total. The Labute approximate surface area is 163 Å². The Hall–Kier alpha value is -2.71. The third-order valence-corrected chi connectivity index (χ3v) is 6.40. The Balaban J connectivity index is 2.58. The molecule has 2 atom stereocenters. The van der Waals surface area contributed by atoms with Gasteiger partial charge in [0.15, 0.2) is 0 Å². The maximum absolute atomic E-state index is 12.4. The average Bonchev–Trinajstić information content (AvgIpc) is 2.63. The number of carbonyl (C=O) groups is 2. The number of rotatable bonds is 10. The highest BCUT2D eigenvalue weighted by Crippen LogP contribution is 2.36. The van der Waals surface area contributed by atoms with E-state index in [2.05, 4.69) is 0 Å². The summed E-state index contributed by atoms with van der Waals surface area (Å²) in [4.78, 5) is 23.4. The monoisotopic (exact) mass is 406 g/mol. The fraction of sp³-hybridized carbons (Fsp3) is 0.300. The van der Waals surface area contributed by atoms with E-state index in [1.54, 1.807) is 60.7 Å². The molecule has 0 aliphatic rings. The van der Waals surface area contributed by atoms with Gasteiger partial charge in [-0.05, 0) is 29.9 Å². The van der Waals surface area contributed by atoms with E-state index in [1.807, 2.05) is 0 Å². The first-order valence-electron chi connectivity index (χ1n) is 8.67. The van der Waals surface area contributed by atoms with Gasteiger partial charge in [0.1, 0.15) is 0 Å². The van der Waals surface area contributed by atoms with E-state index < -0.39 is 45.6 Å². The fourth-order valence-corrected chi connectivity index (χ4v) is 4.59. The summed E-state index contributed by atoms with van der Waals surface area (Å²) in [5.41, 5.74) is 1.07. The molecule has 0 aromatic heterocycles. The first kappa shape index (κ1) is 21.6. The summed E-state index contributed by atoms with van der Waals surface area (Å²) in [6.07, 6.45) is -1.12. The standard InChI is InChI=1S/C20H22O7S/c21-18(22)12-11-17(13-15-7-3-1-4-8-15)20(19(23)24,28(25,26)27)14-16-9-5-2-6-10-16/h1-10,17H,11-14H2,(H,21,22)(H,23,24)(H,25,26,27). The second-order valence-corrected chi connectivity index (χ2v) is 8.33. The van der Waals surface area contributed by atoms with Crippen molar-refractivity contribution >= 4 is 22.1 Å². The van der Waals surface area contributed by atoms with Crippen LogP contribution in [0.4, 0.5) is 0 Å². The van der Waals surface area contributed by atoms with Crippen LogP contribution in [0, 0.1) is 5.92 Å². The lowest BCUT2D eigenvalue weighted by atomic mass is 9.79. The van der Waals surface area contributed by atoms with Crippen molar-refractivity contribution in [2.45, 2.75) is 30.4 Å². The van der Waals surface area contributed by atoms with Gasteiger partial charge in [0.2, 0.25) is 4.75 Å². The molecule has 0 spiro atoms. The van der Waals surface area contributed by atoms with Crippen LogP contribution in [0.15, 0.2) is 60.7 Å². The first-order chi connectivity index (χ1) is 13.2. The number of carboxylic acids is 2. The summed E-state index contributed by atoms with van der Waals surface area (Å²) in [7, 11) is -5.08. The zero-order chi connectivity index (χ0) is 20.8. The van der Waals surface area contributed by atoms with E-state index in [4.69, 9.17) is 5.11 Å². The van der Waals surface area contributed by atoms with E-state index in [0.717, 1.165) is 0 Å². The van der Waals surface area contributed by atoms with E-state index >= 15 is 0 Å². The van der Waals surface area contributed by atoms with Crippen molar-refractivity contribution in [2.24, 2.45) is 5.92 Å². The van der Waals surface area contributed by atoms with Gasteiger partial charge in [-0.1, -0.05) is 60.7 Å². The smallest absolute Gasteiger partial charge is 0.328 e. The molecule has 0 amide bonds. The van der Waals surface area contributed by atoms with Gasteiger partial charge >= 0.3 is 11.9 Å². The second-order valence-electron chi connectivity index (χ2n) is 6.65. The number of benzene rings is 2. The van der Waals surface area contributed by atoms with Crippen molar-refractivity contribution < 1.29 is 32.8 Å². The molecular formula is C20H22O7S. The molecule has 0 saturated carbocycles. The highest BCUT2D eigenvalue weighted by molar-refractivity contribution is 7.88. The zero-order valence-electron chi connectivity index (χ0n) is 15.1. The SMILES string of the molecule is O=C(O)CCC(Cc1ccccc1)C(Cc1ccccc1)(C(=O)O)S(=O)(=O)O. The summed E-state index contributed by atoms with van der Waals surface area (Å²) >= 11 is 0. The predicted octanol–water partition coefficient (Wildman–Crippen LogP) is 2.66. The van der Waals surface area contributed by atoms with Gasteiger partial charge in [-0.3, -0.25) is 14.1 Å². The number of hydrogen-bond donors (Lipinski definition) is 3. The normalized spacial score (nSPS) is 14.8. The highest BCUT2D eigenvalue weighted by atomic mass is 32.2. The highest BCUT2D eigenvalue weighted by Gasteiger charge is 2.56. The van der Waals surface area contributed by atoms with Crippen LogP contribution in [0.1, 0.15) is 24.0 Å². The van der Waals surface area contributed by atoms with Crippen LogP contribution in [0.2, 0.25) is 0 Å². The van der Waals surface area contributed by atoms with Crippen molar-refractivity contribution in [3.8, 4) is 0 Å². The average molecular weight is 406 g/mol. The minimum absolute atomic E-state index is 0.00690. The lowest BCUT2D eigenvalue weighted by Gasteiger charge is -2.34. The maximum Gasteiger partial charge on any atom is 0.328 e. The summed E-state index contributed by atoms with van der Waals surface area (Å²) in [5.74, 6) is -4.03. The Kier molecular flexibility index (Phi) is 6.93. The molecule has 0 heterocycles.